The van der Waals surface area contributed by atoms with E-state index in [0.29, 0.717) is 5.11 Å². The molecular weight excluding hydrogens is 360 g/mol. The minimum Gasteiger partial charge on any atom is -0.496 e. The van der Waals surface area contributed by atoms with Gasteiger partial charge in [-0.3, -0.25) is 5.43 Å². The molecule has 3 N–H and O–H groups in total. The van der Waals surface area contributed by atoms with Crippen molar-refractivity contribution in [3.63, 3.8) is 0 Å². The van der Waals surface area contributed by atoms with Gasteiger partial charge in [0.15, 0.2) is 5.11 Å². The summed E-state index contributed by atoms with van der Waals surface area (Å²) >= 11 is 5.31. The lowest BCUT2D eigenvalue weighted by Crippen LogP contribution is -3.08. The number of nitrogens with zero attached hydrogens (tertiary/aromatic N) is 1. The average molecular weight is 392 g/mol. The summed E-state index contributed by atoms with van der Waals surface area (Å²) in [6.07, 6.45) is 5.11. The molecule has 2 heterocycles. The van der Waals surface area contributed by atoms with Gasteiger partial charge in [-0.1, -0.05) is 0 Å². The molecule has 0 saturated carbocycles. The Morgan fingerprint density at radius 3 is 2.85 bits per heavy atom. The zero-order valence-corrected chi connectivity index (χ0v) is 17.2. The van der Waals surface area contributed by atoms with E-state index in [9.17, 15) is 0 Å². The van der Waals surface area contributed by atoms with Crippen LogP contribution in [0.25, 0.3) is 0 Å². The zero-order valence-electron chi connectivity index (χ0n) is 16.3. The number of hydrazone groups is 1. The molecule has 1 aromatic carbocycles. The molecular formula is C20H31N4O2S+. The first-order chi connectivity index (χ1) is 13.2. The summed E-state index contributed by atoms with van der Waals surface area (Å²) in [7, 11) is 1.73. The van der Waals surface area contributed by atoms with Crippen molar-refractivity contribution in [2.75, 3.05) is 33.4 Å². The minimum absolute atomic E-state index is 0.257. The van der Waals surface area contributed by atoms with Crippen LogP contribution in [-0.2, 0) is 11.3 Å². The number of quaternary nitrogens is 1. The molecule has 1 atom stereocenters. The van der Waals surface area contributed by atoms with E-state index in [4.69, 9.17) is 21.7 Å². The second-order valence-corrected chi connectivity index (χ2v) is 7.72. The SMILES string of the molecule is COc1ccc(/C(C)=N\NC(=S)NC[C@H]2CCCO2)cc1C[NH+]1CCCC1. The summed E-state index contributed by atoms with van der Waals surface area (Å²) < 4.78 is 11.1. The van der Waals surface area contributed by atoms with Gasteiger partial charge in [-0.05, 0) is 55.7 Å². The van der Waals surface area contributed by atoms with E-state index in [1.54, 1.807) is 12.0 Å². The molecule has 2 fully saturated rings. The van der Waals surface area contributed by atoms with Crippen LogP contribution in [0.2, 0.25) is 0 Å². The smallest absolute Gasteiger partial charge is 0.187 e. The van der Waals surface area contributed by atoms with E-state index in [1.807, 2.05) is 19.1 Å². The van der Waals surface area contributed by atoms with Gasteiger partial charge in [-0.25, -0.2) is 0 Å². The van der Waals surface area contributed by atoms with Crippen LogP contribution in [0.3, 0.4) is 0 Å². The molecule has 2 aliphatic heterocycles. The van der Waals surface area contributed by atoms with E-state index in [2.05, 4.69) is 21.9 Å². The number of methoxy groups -OCH3 is 1. The van der Waals surface area contributed by atoms with Crippen molar-refractivity contribution < 1.29 is 14.4 Å². The van der Waals surface area contributed by atoms with Crippen LogP contribution < -0.4 is 20.4 Å². The second-order valence-electron chi connectivity index (χ2n) is 7.31. The van der Waals surface area contributed by atoms with Gasteiger partial charge in [0.2, 0.25) is 0 Å². The van der Waals surface area contributed by atoms with Crippen molar-refractivity contribution in [3.05, 3.63) is 29.3 Å². The molecule has 0 aromatic heterocycles. The second kappa shape index (κ2) is 10.0. The lowest BCUT2D eigenvalue weighted by atomic mass is 10.1. The van der Waals surface area contributed by atoms with E-state index < -0.39 is 0 Å². The quantitative estimate of drug-likeness (QED) is 0.371. The van der Waals surface area contributed by atoms with Crippen LogP contribution in [-0.4, -0.2) is 50.3 Å². The number of benzene rings is 1. The Bertz CT molecular complexity index is 668. The van der Waals surface area contributed by atoms with Crippen molar-refractivity contribution >= 4 is 23.0 Å². The van der Waals surface area contributed by atoms with Gasteiger partial charge in [-0.2, -0.15) is 5.10 Å². The third kappa shape index (κ3) is 5.89. The van der Waals surface area contributed by atoms with Crippen molar-refractivity contribution in [1.29, 1.82) is 0 Å². The lowest BCUT2D eigenvalue weighted by Gasteiger charge is -2.16. The summed E-state index contributed by atoms with van der Waals surface area (Å²) in [5.74, 6) is 0.952. The van der Waals surface area contributed by atoms with Gasteiger partial charge in [0.25, 0.3) is 0 Å². The van der Waals surface area contributed by atoms with Gasteiger partial charge >= 0.3 is 0 Å². The molecule has 2 saturated heterocycles. The summed E-state index contributed by atoms with van der Waals surface area (Å²) in [6, 6.07) is 6.27. The summed E-state index contributed by atoms with van der Waals surface area (Å²) in [5, 5.41) is 8.14. The van der Waals surface area contributed by atoms with E-state index in [1.165, 1.54) is 31.5 Å². The predicted octanol–water partition coefficient (Wildman–Crippen LogP) is 1.24. The van der Waals surface area contributed by atoms with Gasteiger partial charge in [0.05, 0.1) is 32.0 Å². The number of rotatable bonds is 7. The molecule has 0 aliphatic carbocycles. The van der Waals surface area contributed by atoms with Crippen LogP contribution in [0.15, 0.2) is 23.3 Å². The molecule has 27 heavy (non-hydrogen) atoms. The molecule has 0 bridgehead atoms. The largest absolute Gasteiger partial charge is 0.496 e. The zero-order chi connectivity index (χ0) is 19.1. The van der Waals surface area contributed by atoms with Gasteiger partial charge in [-0.15, -0.1) is 0 Å². The standard InChI is InChI=1S/C20H30N4O2S/c1-15(22-23-20(27)21-13-18-6-5-11-26-18)16-7-8-19(25-2)17(12-16)14-24-9-3-4-10-24/h7-8,12,18H,3-6,9-11,13-14H2,1-2H3,(H2,21,23,27)/p+1/b22-15-/t18-/m1/s1. The molecule has 3 rings (SSSR count). The molecule has 6 nitrogen and oxygen atoms in total. The van der Waals surface area contributed by atoms with Crippen LogP contribution in [0, 0.1) is 0 Å². The first kappa shape index (κ1) is 20.0. The van der Waals surface area contributed by atoms with Crippen LogP contribution in [0.4, 0.5) is 0 Å². The van der Waals surface area contributed by atoms with E-state index >= 15 is 0 Å². The normalized spacial score (nSPS) is 20.7. The Morgan fingerprint density at radius 1 is 1.33 bits per heavy atom. The fourth-order valence-electron chi connectivity index (χ4n) is 3.71. The van der Waals surface area contributed by atoms with Crippen molar-refractivity contribution in [1.82, 2.24) is 10.7 Å². The summed E-state index contributed by atoms with van der Waals surface area (Å²) in [5.41, 5.74) is 6.16. The van der Waals surface area contributed by atoms with Crippen LogP contribution >= 0.6 is 12.2 Å². The highest BCUT2D eigenvalue weighted by molar-refractivity contribution is 7.80. The Labute approximate surface area is 167 Å². The third-order valence-corrected chi connectivity index (χ3v) is 5.52. The van der Waals surface area contributed by atoms with Gasteiger partial charge in [0.1, 0.15) is 12.3 Å². The third-order valence-electron chi connectivity index (χ3n) is 5.29. The van der Waals surface area contributed by atoms with Crippen molar-refractivity contribution in [3.8, 4) is 5.75 Å². The molecule has 1 aromatic rings. The topological polar surface area (TPSA) is 59.3 Å². The molecule has 148 valence electrons. The molecule has 0 amide bonds. The minimum atomic E-state index is 0.257. The van der Waals surface area contributed by atoms with Crippen molar-refractivity contribution in [2.45, 2.75) is 45.3 Å². The highest BCUT2D eigenvalue weighted by Gasteiger charge is 2.18. The first-order valence-electron chi connectivity index (χ1n) is 9.86. The molecule has 0 unspecified atom stereocenters. The Kier molecular flexibility index (Phi) is 7.43. The number of nitrogens with one attached hydrogen (secondary N) is 3. The lowest BCUT2D eigenvalue weighted by molar-refractivity contribution is -0.901. The maximum atomic E-state index is 5.59. The Morgan fingerprint density at radius 2 is 2.15 bits per heavy atom. The Hall–Kier alpha value is -1.70. The molecule has 0 radical (unpaired) electrons. The predicted molar refractivity (Wildman–Crippen MR) is 112 cm³/mol. The molecule has 7 heteroatoms. The van der Waals surface area contributed by atoms with E-state index in [0.717, 1.165) is 49.6 Å². The van der Waals surface area contributed by atoms with Gasteiger partial charge < -0.3 is 19.7 Å². The highest BCUT2D eigenvalue weighted by atomic mass is 32.1. The van der Waals surface area contributed by atoms with Crippen LogP contribution in [0.1, 0.15) is 43.7 Å². The highest BCUT2D eigenvalue weighted by Crippen LogP contribution is 2.20. The first-order valence-corrected chi connectivity index (χ1v) is 10.3. The fraction of sp³-hybridized carbons (Fsp3) is 0.600. The molecule has 2 aliphatic rings. The number of hydrogen-bond acceptors (Lipinski definition) is 4. The maximum absolute atomic E-state index is 5.59. The van der Waals surface area contributed by atoms with E-state index in [-0.39, 0.29) is 6.10 Å². The van der Waals surface area contributed by atoms with Gasteiger partial charge in [0, 0.05) is 31.6 Å². The molecule has 0 spiro atoms. The number of thiocarbonyl (C=S) groups is 1. The Balaban J connectivity index is 1.58. The number of likely N-dealkylation sites (tertiary alicyclic amines) is 1. The van der Waals surface area contributed by atoms with Crippen molar-refractivity contribution in [2.24, 2.45) is 5.10 Å². The summed E-state index contributed by atoms with van der Waals surface area (Å²) in [6.45, 7) is 7.05. The summed E-state index contributed by atoms with van der Waals surface area (Å²) in [4.78, 5) is 1.62. The number of ether oxygens (including phenoxy) is 2. The maximum Gasteiger partial charge on any atom is 0.187 e. The fourth-order valence-corrected chi connectivity index (χ4v) is 3.84. The van der Waals surface area contributed by atoms with Crippen LogP contribution in [0.5, 0.6) is 5.75 Å². The number of hydrogen-bond donors (Lipinski definition) is 3. The average Bonchev–Trinajstić information content (AvgIpc) is 3.38. The monoisotopic (exact) mass is 391 g/mol.